The van der Waals surface area contributed by atoms with Crippen molar-refractivity contribution in [3.8, 4) is 0 Å². The highest BCUT2D eigenvalue weighted by molar-refractivity contribution is 5.35. The summed E-state index contributed by atoms with van der Waals surface area (Å²) in [4.78, 5) is 9.94. The third-order valence-electron chi connectivity index (χ3n) is 3.13. The molecule has 0 aromatic heterocycles. The van der Waals surface area contributed by atoms with Gasteiger partial charge in [0.1, 0.15) is 5.82 Å². The zero-order valence-electron chi connectivity index (χ0n) is 9.49. The number of rotatable bonds is 2. The van der Waals surface area contributed by atoms with Gasteiger partial charge in [-0.25, -0.2) is 4.39 Å². The minimum atomic E-state index is -0.576. The Bertz CT molecular complexity index is 415. The number of halogens is 1. The molecule has 0 spiro atoms. The number of benzene rings is 1. The van der Waals surface area contributed by atoms with Crippen LogP contribution in [0.25, 0.3) is 0 Å². The number of hydrogen-bond acceptors (Lipinski definition) is 3. The van der Waals surface area contributed by atoms with Gasteiger partial charge in [0.15, 0.2) is 0 Å². The number of nitro groups is 1. The summed E-state index contributed by atoms with van der Waals surface area (Å²) in [6, 6.07) is 3.88. The molecule has 1 N–H and O–H groups in total. The zero-order chi connectivity index (χ0) is 12.3. The summed E-state index contributed by atoms with van der Waals surface area (Å²) in [6.07, 6.45) is 4.20. The molecule has 1 unspecified atom stereocenters. The molecular weight excluding hydrogens is 223 g/mol. The maximum atomic E-state index is 13.8. The van der Waals surface area contributed by atoms with Crippen LogP contribution in [0, 0.1) is 15.9 Å². The molecule has 1 aliphatic rings. The molecule has 1 heterocycles. The van der Waals surface area contributed by atoms with Crippen LogP contribution in [0.5, 0.6) is 0 Å². The van der Waals surface area contributed by atoms with Gasteiger partial charge in [-0.15, -0.1) is 0 Å². The maximum Gasteiger partial charge on any atom is 0.272 e. The van der Waals surface area contributed by atoms with Gasteiger partial charge in [0.2, 0.25) is 0 Å². The summed E-state index contributed by atoms with van der Waals surface area (Å²) in [7, 11) is 0. The van der Waals surface area contributed by atoms with Crippen LogP contribution in [-0.2, 0) is 0 Å². The summed E-state index contributed by atoms with van der Waals surface area (Å²) < 4.78 is 13.8. The van der Waals surface area contributed by atoms with Crippen molar-refractivity contribution in [3.05, 3.63) is 39.7 Å². The normalized spacial score (nSPS) is 20.9. The summed E-state index contributed by atoms with van der Waals surface area (Å²) in [5, 5.41) is 13.8. The highest BCUT2D eigenvalue weighted by Gasteiger charge is 2.19. The zero-order valence-corrected chi connectivity index (χ0v) is 9.49. The van der Waals surface area contributed by atoms with Gasteiger partial charge in [-0.3, -0.25) is 10.1 Å². The second-order valence-electron chi connectivity index (χ2n) is 4.32. The number of nitro benzene ring substituents is 1. The van der Waals surface area contributed by atoms with Crippen LogP contribution in [0.2, 0.25) is 0 Å². The van der Waals surface area contributed by atoms with Crippen LogP contribution in [0.4, 0.5) is 10.1 Å². The number of non-ortho nitro benzene ring substituents is 1. The van der Waals surface area contributed by atoms with Crippen molar-refractivity contribution in [1.29, 1.82) is 0 Å². The minimum absolute atomic E-state index is 0.0155. The van der Waals surface area contributed by atoms with Crippen molar-refractivity contribution in [3.63, 3.8) is 0 Å². The average Bonchev–Trinajstić information content (AvgIpc) is 2.57. The van der Waals surface area contributed by atoms with Gasteiger partial charge in [0.25, 0.3) is 5.69 Å². The first kappa shape index (κ1) is 12.0. The largest absolute Gasteiger partial charge is 0.310 e. The molecule has 1 aromatic rings. The lowest BCUT2D eigenvalue weighted by Gasteiger charge is -2.16. The molecule has 17 heavy (non-hydrogen) atoms. The van der Waals surface area contributed by atoms with Crippen molar-refractivity contribution in [2.75, 3.05) is 6.54 Å². The first-order valence-electron chi connectivity index (χ1n) is 5.85. The SMILES string of the molecule is O=[N+]([O-])c1ccc(C2CCCCCN2)c(F)c1. The van der Waals surface area contributed by atoms with Crippen molar-refractivity contribution >= 4 is 5.69 Å². The van der Waals surface area contributed by atoms with E-state index in [0.717, 1.165) is 38.3 Å². The van der Waals surface area contributed by atoms with E-state index >= 15 is 0 Å². The standard InChI is InChI=1S/C12H15FN2O2/c13-11-8-9(15(16)17)5-6-10(11)12-4-2-1-3-7-14-12/h5-6,8,12,14H,1-4,7H2. The van der Waals surface area contributed by atoms with Gasteiger partial charge in [0, 0.05) is 17.7 Å². The molecule has 1 saturated heterocycles. The average molecular weight is 238 g/mol. The lowest BCUT2D eigenvalue weighted by atomic mass is 10.0. The van der Waals surface area contributed by atoms with Crippen molar-refractivity contribution in [2.45, 2.75) is 31.7 Å². The molecule has 0 amide bonds. The summed E-state index contributed by atoms with van der Waals surface area (Å²) in [5.41, 5.74) is 0.345. The van der Waals surface area contributed by atoms with Gasteiger partial charge < -0.3 is 5.32 Å². The van der Waals surface area contributed by atoms with E-state index in [2.05, 4.69) is 5.32 Å². The lowest BCUT2D eigenvalue weighted by molar-refractivity contribution is -0.385. The Labute approximate surface area is 99.0 Å². The Morgan fingerprint density at radius 3 is 2.88 bits per heavy atom. The predicted octanol–water partition coefficient (Wildman–Crippen LogP) is 2.94. The Kier molecular flexibility index (Phi) is 3.68. The number of nitrogens with zero attached hydrogens (tertiary/aromatic N) is 1. The predicted molar refractivity (Wildman–Crippen MR) is 62.3 cm³/mol. The van der Waals surface area contributed by atoms with E-state index < -0.39 is 10.7 Å². The Hall–Kier alpha value is -1.49. The van der Waals surface area contributed by atoms with Crippen molar-refractivity contribution in [2.24, 2.45) is 0 Å². The molecule has 1 fully saturated rings. The highest BCUT2D eigenvalue weighted by Crippen LogP contribution is 2.27. The Balaban J connectivity index is 2.22. The second-order valence-corrected chi connectivity index (χ2v) is 4.32. The van der Waals surface area contributed by atoms with E-state index in [1.165, 1.54) is 12.1 Å². The third-order valence-corrected chi connectivity index (χ3v) is 3.13. The number of hydrogen-bond donors (Lipinski definition) is 1. The van der Waals surface area contributed by atoms with Crippen LogP contribution in [-0.4, -0.2) is 11.5 Å². The summed E-state index contributed by atoms with van der Waals surface area (Å²) in [6.45, 7) is 0.876. The highest BCUT2D eigenvalue weighted by atomic mass is 19.1. The van der Waals surface area contributed by atoms with Gasteiger partial charge in [-0.1, -0.05) is 12.8 Å². The molecule has 2 rings (SSSR count). The topological polar surface area (TPSA) is 55.2 Å². The van der Waals surface area contributed by atoms with Crippen LogP contribution in [0.1, 0.15) is 37.3 Å². The molecule has 0 aliphatic carbocycles. The monoisotopic (exact) mass is 238 g/mol. The van der Waals surface area contributed by atoms with Crippen molar-refractivity contribution < 1.29 is 9.31 Å². The van der Waals surface area contributed by atoms with E-state index in [1.807, 2.05) is 0 Å². The van der Waals surface area contributed by atoms with E-state index in [4.69, 9.17) is 0 Å². The van der Waals surface area contributed by atoms with Crippen molar-refractivity contribution in [1.82, 2.24) is 5.32 Å². The van der Waals surface area contributed by atoms with Crippen LogP contribution in [0.15, 0.2) is 18.2 Å². The number of nitrogens with one attached hydrogen (secondary N) is 1. The van der Waals surface area contributed by atoms with Gasteiger partial charge in [0.05, 0.1) is 11.0 Å². The van der Waals surface area contributed by atoms with E-state index in [9.17, 15) is 14.5 Å². The fraction of sp³-hybridized carbons (Fsp3) is 0.500. The smallest absolute Gasteiger partial charge is 0.272 e. The molecule has 0 bridgehead atoms. The van der Waals surface area contributed by atoms with E-state index in [1.54, 1.807) is 0 Å². The van der Waals surface area contributed by atoms with Crippen LogP contribution >= 0.6 is 0 Å². The minimum Gasteiger partial charge on any atom is -0.310 e. The Morgan fingerprint density at radius 2 is 2.18 bits per heavy atom. The van der Waals surface area contributed by atoms with Gasteiger partial charge >= 0.3 is 0 Å². The summed E-state index contributed by atoms with van der Waals surface area (Å²) in [5.74, 6) is -0.487. The third kappa shape index (κ3) is 2.79. The van der Waals surface area contributed by atoms with E-state index in [-0.39, 0.29) is 11.7 Å². The molecule has 5 heteroatoms. The first-order chi connectivity index (χ1) is 8.18. The van der Waals surface area contributed by atoms with Crippen LogP contribution < -0.4 is 5.32 Å². The fourth-order valence-corrected chi connectivity index (χ4v) is 2.21. The molecular formula is C12H15FN2O2. The molecule has 1 aliphatic heterocycles. The fourth-order valence-electron chi connectivity index (χ4n) is 2.21. The quantitative estimate of drug-likeness (QED) is 0.636. The van der Waals surface area contributed by atoms with E-state index in [0.29, 0.717) is 5.56 Å². The van der Waals surface area contributed by atoms with Gasteiger partial charge in [-0.2, -0.15) is 0 Å². The first-order valence-corrected chi connectivity index (χ1v) is 5.85. The molecule has 1 aromatic carbocycles. The molecule has 92 valence electrons. The molecule has 1 atom stereocenters. The lowest BCUT2D eigenvalue weighted by Crippen LogP contribution is -2.21. The van der Waals surface area contributed by atoms with Crippen LogP contribution in [0.3, 0.4) is 0 Å². The molecule has 4 nitrogen and oxygen atoms in total. The summed E-state index contributed by atoms with van der Waals surface area (Å²) >= 11 is 0. The molecule has 0 saturated carbocycles. The second kappa shape index (κ2) is 5.23. The Morgan fingerprint density at radius 1 is 1.35 bits per heavy atom. The molecule has 0 radical (unpaired) electrons. The maximum absolute atomic E-state index is 13.8. The van der Waals surface area contributed by atoms with Gasteiger partial charge in [-0.05, 0) is 25.5 Å².